The van der Waals surface area contributed by atoms with Crippen molar-refractivity contribution < 1.29 is 18.6 Å². The van der Waals surface area contributed by atoms with Crippen molar-refractivity contribution >= 4 is 22.0 Å². The van der Waals surface area contributed by atoms with E-state index in [-0.39, 0.29) is 6.10 Å². The van der Waals surface area contributed by atoms with Gasteiger partial charge in [0.25, 0.3) is 0 Å². The lowest BCUT2D eigenvalue weighted by Gasteiger charge is -2.24. The average Bonchev–Trinajstić information content (AvgIpc) is 3.12. The van der Waals surface area contributed by atoms with Crippen molar-refractivity contribution in [1.82, 2.24) is 9.97 Å². The molecule has 4 aromatic rings. The molecule has 0 unspecified atom stereocenters. The molecule has 2 aromatic carbocycles. The lowest BCUT2D eigenvalue weighted by Crippen LogP contribution is -2.26. The first-order valence-electron chi connectivity index (χ1n) is 9.05. The summed E-state index contributed by atoms with van der Waals surface area (Å²) >= 11 is 0. The van der Waals surface area contributed by atoms with Crippen LogP contribution in [0.1, 0.15) is 11.1 Å². The minimum absolute atomic E-state index is 0.221. The molecule has 2 aromatic heterocycles. The summed E-state index contributed by atoms with van der Waals surface area (Å²) in [6.07, 6.45) is 1.39. The highest BCUT2D eigenvalue weighted by Gasteiger charge is 2.24. The molecule has 141 valence electrons. The predicted molar refractivity (Wildman–Crippen MR) is 106 cm³/mol. The van der Waals surface area contributed by atoms with Crippen molar-refractivity contribution in [1.29, 1.82) is 0 Å². The van der Waals surface area contributed by atoms with Gasteiger partial charge in [-0.1, -0.05) is 0 Å². The number of hydrogen-bond donors (Lipinski definition) is 0. The van der Waals surface area contributed by atoms with Crippen LogP contribution in [0, 0.1) is 20.8 Å². The Bertz CT molecular complexity index is 1230. The largest absolute Gasteiger partial charge is 0.485 e. The zero-order chi connectivity index (χ0) is 19.4. The Labute approximate surface area is 162 Å². The second-order valence-corrected chi connectivity index (χ2v) is 7.02. The monoisotopic (exact) mass is 375 g/mol. The zero-order valence-corrected chi connectivity index (χ0v) is 15.9. The van der Waals surface area contributed by atoms with E-state index in [2.05, 4.69) is 16.9 Å². The molecule has 0 spiro atoms. The number of rotatable bonds is 2. The smallest absolute Gasteiger partial charge is 0.232 e. The predicted octanol–water partition coefficient (Wildman–Crippen LogP) is 4.64. The second-order valence-electron chi connectivity index (χ2n) is 7.02. The minimum atomic E-state index is -0.221. The number of benzene rings is 2. The molecule has 6 nitrogen and oxygen atoms in total. The van der Waals surface area contributed by atoms with Gasteiger partial charge in [-0.15, -0.1) is 0 Å². The molecule has 28 heavy (non-hydrogen) atoms. The maximum atomic E-state index is 6.25. The fraction of sp³-hybridized carbons (Fsp3) is 0.227. The number of aromatic nitrogens is 2. The molecule has 1 aliphatic rings. The summed E-state index contributed by atoms with van der Waals surface area (Å²) in [5, 5.41) is 0.882. The first-order chi connectivity index (χ1) is 13.5. The summed E-state index contributed by atoms with van der Waals surface area (Å²) in [5.74, 6) is 2.58. The van der Waals surface area contributed by atoms with Gasteiger partial charge >= 0.3 is 0 Å². The molecule has 0 saturated heterocycles. The lowest BCUT2D eigenvalue weighted by molar-refractivity contribution is 0.123. The van der Waals surface area contributed by atoms with Gasteiger partial charge in [0.05, 0.1) is 29.7 Å². The van der Waals surface area contributed by atoms with E-state index in [0.29, 0.717) is 29.7 Å². The fourth-order valence-electron chi connectivity index (χ4n) is 3.61. The third-order valence-corrected chi connectivity index (χ3v) is 4.86. The first kappa shape index (κ1) is 16.9. The number of fused-ring (bicyclic) bond motifs is 4. The molecular formula is C22H19N2O4. The summed E-state index contributed by atoms with van der Waals surface area (Å²) in [6, 6.07) is 7.94. The Morgan fingerprint density at radius 1 is 1.18 bits per heavy atom. The van der Waals surface area contributed by atoms with Crippen molar-refractivity contribution in [2.24, 2.45) is 0 Å². The van der Waals surface area contributed by atoms with Gasteiger partial charge in [-0.05, 0) is 56.2 Å². The van der Waals surface area contributed by atoms with Gasteiger partial charge in [0.15, 0.2) is 11.5 Å². The zero-order valence-electron chi connectivity index (χ0n) is 15.9. The Morgan fingerprint density at radius 3 is 2.86 bits per heavy atom. The molecule has 3 heterocycles. The maximum Gasteiger partial charge on any atom is 0.232 e. The number of nitrogens with zero attached hydrogens (tertiary/aromatic N) is 2. The molecule has 0 bridgehead atoms. The van der Waals surface area contributed by atoms with Crippen molar-refractivity contribution in [3.8, 4) is 28.7 Å². The third-order valence-electron chi connectivity index (χ3n) is 4.86. The van der Waals surface area contributed by atoms with E-state index in [1.165, 1.54) is 0 Å². The summed E-state index contributed by atoms with van der Waals surface area (Å²) in [4.78, 5) is 9.06. The molecule has 1 aliphatic heterocycles. The molecule has 0 fully saturated rings. The summed E-state index contributed by atoms with van der Waals surface area (Å²) in [7, 11) is 1.58. The molecule has 0 N–H and O–H groups in total. The molecule has 1 radical (unpaired) electrons. The van der Waals surface area contributed by atoms with Gasteiger partial charge < -0.3 is 18.6 Å². The van der Waals surface area contributed by atoms with Gasteiger partial charge in [-0.2, -0.15) is 0 Å². The van der Waals surface area contributed by atoms with Crippen LogP contribution in [0.4, 0.5) is 0 Å². The van der Waals surface area contributed by atoms with Crippen molar-refractivity contribution in [3.05, 3.63) is 48.5 Å². The highest BCUT2D eigenvalue weighted by molar-refractivity contribution is 5.97. The van der Waals surface area contributed by atoms with E-state index in [4.69, 9.17) is 18.6 Å². The van der Waals surface area contributed by atoms with Gasteiger partial charge in [0.2, 0.25) is 5.88 Å². The average molecular weight is 375 g/mol. The quantitative estimate of drug-likeness (QED) is 0.508. The van der Waals surface area contributed by atoms with Crippen LogP contribution < -0.4 is 14.2 Å². The van der Waals surface area contributed by atoms with Crippen LogP contribution in [0.5, 0.6) is 17.4 Å². The third kappa shape index (κ3) is 2.56. The molecule has 5 rings (SSSR count). The lowest BCUT2D eigenvalue weighted by atomic mass is 10.1. The van der Waals surface area contributed by atoms with Crippen LogP contribution >= 0.6 is 0 Å². The van der Waals surface area contributed by atoms with Crippen LogP contribution in [0.3, 0.4) is 0 Å². The number of hydrogen-bond acceptors (Lipinski definition) is 6. The normalized spacial score (nSPS) is 15.9. The highest BCUT2D eigenvalue weighted by Crippen LogP contribution is 2.44. The summed E-state index contributed by atoms with van der Waals surface area (Å²) < 4.78 is 23.2. The van der Waals surface area contributed by atoms with E-state index in [9.17, 15) is 0 Å². The maximum absolute atomic E-state index is 6.25. The standard InChI is InChI=1S/C22H19N2O4/c1-11-5-14(20-16(6-11)24-19(25-4)9-23-20)17-8-15-21(28-17)12(2)7-18-22(15)26-10-13(3)27-18/h5-9,13H,3,10H2,1-2,4H3/t13-/m1/s1. The van der Waals surface area contributed by atoms with Crippen molar-refractivity contribution in [2.45, 2.75) is 20.0 Å². The van der Waals surface area contributed by atoms with Gasteiger partial charge in [-0.25, -0.2) is 9.97 Å². The molecule has 1 atom stereocenters. The van der Waals surface area contributed by atoms with Crippen molar-refractivity contribution in [2.75, 3.05) is 13.7 Å². The second kappa shape index (κ2) is 6.12. The molecule has 6 heteroatoms. The Balaban J connectivity index is 1.75. The molecule has 0 saturated carbocycles. The minimum Gasteiger partial charge on any atom is -0.485 e. The van der Waals surface area contributed by atoms with Crippen LogP contribution in [0.2, 0.25) is 0 Å². The van der Waals surface area contributed by atoms with Gasteiger partial charge in [0.1, 0.15) is 24.1 Å². The van der Waals surface area contributed by atoms with Gasteiger partial charge in [-0.3, -0.25) is 0 Å². The van der Waals surface area contributed by atoms with E-state index in [0.717, 1.165) is 38.7 Å². The topological polar surface area (TPSA) is 66.6 Å². The van der Waals surface area contributed by atoms with Gasteiger partial charge in [0, 0.05) is 5.56 Å². The number of aryl methyl sites for hydroxylation is 2. The fourth-order valence-corrected chi connectivity index (χ4v) is 3.61. The van der Waals surface area contributed by atoms with Crippen LogP contribution in [-0.4, -0.2) is 29.8 Å². The number of methoxy groups -OCH3 is 1. The Morgan fingerprint density at radius 2 is 2.04 bits per heavy atom. The molecule has 0 aliphatic carbocycles. The molecule has 0 amide bonds. The Hall–Kier alpha value is -3.28. The summed E-state index contributed by atoms with van der Waals surface area (Å²) in [6.45, 7) is 8.34. The van der Waals surface area contributed by atoms with E-state index in [1.807, 2.05) is 38.1 Å². The number of ether oxygens (including phenoxy) is 3. The van der Waals surface area contributed by atoms with E-state index >= 15 is 0 Å². The van der Waals surface area contributed by atoms with Crippen LogP contribution in [0.15, 0.2) is 34.9 Å². The summed E-state index contributed by atoms with van der Waals surface area (Å²) in [5.41, 5.74) is 5.20. The van der Waals surface area contributed by atoms with Crippen LogP contribution in [-0.2, 0) is 0 Å². The Kier molecular flexibility index (Phi) is 3.69. The van der Waals surface area contributed by atoms with E-state index < -0.39 is 0 Å². The SMILES string of the molecule is [CH2][C@@H]1COc2c(cc(C)c3oc(-c4cc(C)cc5nc(OC)cnc45)cc23)O1. The highest BCUT2D eigenvalue weighted by atomic mass is 16.6. The molecular weight excluding hydrogens is 356 g/mol. The van der Waals surface area contributed by atoms with Crippen molar-refractivity contribution in [3.63, 3.8) is 0 Å². The first-order valence-corrected chi connectivity index (χ1v) is 9.05. The number of furan rings is 1. The van der Waals surface area contributed by atoms with Crippen LogP contribution in [0.25, 0.3) is 33.3 Å². The van der Waals surface area contributed by atoms with E-state index in [1.54, 1.807) is 13.3 Å².